The first-order chi connectivity index (χ1) is 12.5. The van der Waals surface area contributed by atoms with Crippen molar-refractivity contribution in [3.63, 3.8) is 0 Å². The minimum Gasteiger partial charge on any atom is -0.341 e. The Labute approximate surface area is 158 Å². The molecule has 1 aromatic heterocycles. The number of likely N-dealkylation sites (tertiary alicyclic amines) is 1. The molecule has 5 nitrogen and oxygen atoms in total. The number of benzene rings is 1. The van der Waals surface area contributed by atoms with Gasteiger partial charge in [-0.2, -0.15) is 0 Å². The highest BCUT2D eigenvalue weighted by Crippen LogP contribution is 2.21. The van der Waals surface area contributed by atoms with Gasteiger partial charge in [0.05, 0.1) is 0 Å². The second-order valence-electron chi connectivity index (χ2n) is 6.92. The van der Waals surface area contributed by atoms with Crippen LogP contribution in [0.2, 0.25) is 5.02 Å². The average Bonchev–Trinajstić information content (AvgIpc) is 2.63. The van der Waals surface area contributed by atoms with Crippen LogP contribution in [-0.4, -0.2) is 33.4 Å². The highest BCUT2D eigenvalue weighted by Gasteiger charge is 2.22. The van der Waals surface area contributed by atoms with Crippen molar-refractivity contribution in [2.75, 3.05) is 13.1 Å². The van der Waals surface area contributed by atoms with Gasteiger partial charge in [-0.25, -0.2) is 4.98 Å². The molecular formula is C20H24ClN3O2. The van der Waals surface area contributed by atoms with E-state index >= 15 is 0 Å². The van der Waals surface area contributed by atoms with Gasteiger partial charge in [0.25, 0.3) is 5.56 Å². The Morgan fingerprint density at radius 1 is 1.27 bits per heavy atom. The van der Waals surface area contributed by atoms with Crippen molar-refractivity contribution >= 4 is 17.5 Å². The van der Waals surface area contributed by atoms with E-state index in [1.54, 1.807) is 12.1 Å². The first-order valence-corrected chi connectivity index (χ1v) is 9.50. The first-order valence-electron chi connectivity index (χ1n) is 9.12. The van der Waals surface area contributed by atoms with Gasteiger partial charge in [0, 0.05) is 35.4 Å². The molecule has 0 bridgehead atoms. The molecule has 3 rings (SSSR count). The lowest BCUT2D eigenvalue weighted by Crippen LogP contribution is -2.41. The van der Waals surface area contributed by atoms with Crippen molar-refractivity contribution < 1.29 is 4.79 Å². The number of aryl methyl sites for hydroxylation is 1. The van der Waals surface area contributed by atoms with Crippen LogP contribution in [0.1, 0.15) is 32.4 Å². The largest absolute Gasteiger partial charge is 0.341 e. The highest BCUT2D eigenvalue weighted by atomic mass is 35.5. The number of rotatable bonds is 4. The van der Waals surface area contributed by atoms with Crippen LogP contribution in [0.15, 0.2) is 35.1 Å². The maximum atomic E-state index is 12.7. The molecule has 1 aliphatic heterocycles. The van der Waals surface area contributed by atoms with E-state index in [0.717, 1.165) is 31.5 Å². The summed E-state index contributed by atoms with van der Waals surface area (Å²) in [5, 5.41) is 0.571. The van der Waals surface area contributed by atoms with E-state index in [9.17, 15) is 9.59 Å². The Morgan fingerprint density at radius 2 is 2.00 bits per heavy atom. The third-order valence-electron chi connectivity index (χ3n) is 4.94. The van der Waals surface area contributed by atoms with Crippen molar-refractivity contribution in [3.8, 4) is 11.4 Å². The van der Waals surface area contributed by atoms with Crippen molar-refractivity contribution in [2.45, 2.75) is 39.7 Å². The van der Waals surface area contributed by atoms with E-state index in [2.05, 4.69) is 11.9 Å². The van der Waals surface area contributed by atoms with Crippen LogP contribution in [0.4, 0.5) is 0 Å². The van der Waals surface area contributed by atoms with Crippen LogP contribution < -0.4 is 5.56 Å². The third kappa shape index (κ3) is 4.15. The molecule has 1 aliphatic rings. The summed E-state index contributed by atoms with van der Waals surface area (Å²) in [7, 11) is 0. The van der Waals surface area contributed by atoms with Gasteiger partial charge in [-0.05, 0) is 37.3 Å². The molecule has 0 radical (unpaired) electrons. The summed E-state index contributed by atoms with van der Waals surface area (Å²) in [6, 6.07) is 8.74. The van der Waals surface area contributed by atoms with Crippen LogP contribution >= 0.6 is 11.6 Å². The minimum absolute atomic E-state index is 0.00601. The summed E-state index contributed by atoms with van der Waals surface area (Å²) < 4.78 is 1.46. The lowest BCUT2D eigenvalue weighted by molar-refractivity contribution is -0.133. The zero-order chi connectivity index (χ0) is 18.7. The fraction of sp³-hybridized carbons (Fsp3) is 0.450. The number of hydrogen-bond donors (Lipinski definition) is 0. The van der Waals surface area contributed by atoms with Gasteiger partial charge < -0.3 is 4.90 Å². The van der Waals surface area contributed by atoms with E-state index < -0.39 is 0 Å². The van der Waals surface area contributed by atoms with Crippen LogP contribution in [0.25, 0.3) is 11.4 Å². The van der Waals surface area contributed by atoms with Crippen molar-refractivity contribution in [1.82, 2.24) is 14.5 Å². The predicted molar refractivity (Wildman–Crippen MR) is 103 cm³/mol. The number of aromatic nitrogens is 2. The second kappa shape index (κ2) is 8.04. The number of hydrogen-bond acceptors (Lipinski definition) is 3. The number of nitrogens with zero attached hydrogens (tertiary/aromatic N) is 3. The van der Waals surface area contributed by atoms with Crippen molar-refractivity contribution in [2.24, 2.45) is 5.92 Å². The SMILES string of the molecule is CCc1cc(=O)n(CC(=O)N2CCC(C)CC2)c(-c2cccc(Cl)c2)n1. The molecule has 1 saturated heterocycles. The molecule has 1 fully saturated rings. The molecule has 0 N–H and O–H groups in total. The van der Waals surface area contributed by atoms with Gasteiger partial charge in [0.1, 0.15) is 12.4 Å². The predicted octanol–water partition coefficient (Wildman–Crippen LogP) is 3.38. The van der Waals surface area contributed by atoms with Gasteiger partial charge in [-0.3, -0.25) is 14.2 Å². The molecule has 0 spiro atoms. The summed E-state index contributed by atoms with van der Waals surface area (Å²) >= 11 is 6.11. The third-order valence-corrected chi connectivity index (χ3v) is 5.17. The van der Waals surface area contributed by atoms with Crippen LogP contribution in [0, 0.1) is 5.92 Å². The zero-order valence-electron chi connectivity index (χ0n) is 15.2. The standard InChI is InChI=1S/C20H24ClN3O2/c1-3-17-12-18(25)24(13-19(26)23-9-7-14(2)8-10-23)20(22-17)15-5-4-6-16(21)11-15/h4-6,11-12,14H,3,7-10,13H2,1-2H3. The lowest BCUT2D eigenvalue weighted by atomic mass is 9.99. The number of halogens is 1. The molecule has 1 aromatic carbocycles. The normalized spacial score (nSPS) is 15.3. The topological polar surface area (TPSA) is 55.2 Å². The zero-order valence-corrected chi connectivity index (χ0v) is 16.0. The summed E-state index contributed by atoms with van der Waals surface area (Å²) in [5.41, 5.74) is 1.25. The van der Waals surface area contributed by atoms with E-state index in [0.29, 0.717) is 28.9 Å². The molecule has 0 saturated carbocycles. The Balaban J connectivity index is 1.95. The van der Waals surface area contributed by atoms with E-state index in [4.69, 9.17) is 11.6 Å². The molecule has 1 amide bonds. The number of amides is 1. The molecule has 0 unspecified atom stereocenters. The van der Waals surface area contributed by atoms with E-state index in [-0.39, 0.29) is 18.0 Å². The van der Waals surface area contributed by atoms with E-state index in [1.165, 1.54) is 10.6 Å². The van der Waals surface area contributed by atoms with Gasteiger partial charge in [-0.15, -0.1) is 0 Å². The minimum atomic E-state index is -0.203. The average molecular weight is 374 g/mol. The molecule has 0 atom stereocenters. The van der Waals surface area contributed by atoms with Gasteiger partial charge in [0.2, 0.25) is 5.91 Å². The maximum Gasteiger partial charge on any atom is 0.254 e. The fourth-order valence-corrected chi connectivity index (χ4v) is 3.42. The van der Waals surface area contributed by atoms with Gasteiger partial charge in [-0.1, -0.05) is 37.6 Å². The van der Waals surface area contributed by atoms with Crippen LogP contribution in [0.3, 0.4) is 0 Å². The molecule has 6 heteroatoms. The number of piperidine rings is 1. The first kappa shape index (κ1) is 18.6. The Hall–Kier alpha value is -2.14. The monoisotopic (exact) mass is 373 g/mol. The van der Waals surface area contributed by atoms with Crippen molar-refractivity contribution in [3.05, 3.63) is 51.4 Å². The summed E-state index contributed by atoms with van der Waals surface area (Å²) in [4.78, 5) is 31.9. The summed E-state index contributed by atoms with van der Waals surface area (Å²) in [5.74, 6) is 1.11. The lowest BCUT2D eigenvalue weighted by Gasteiger charge is -2.30. The molecule has 2 heterocycles. The van der Waals surface area contributed by atoms with Crippen molar-refractivity contribution in [1.29, 1.82) is 0 Å². The summed E-state index contributed by atoms with van der Waals surface area (Å²) in [6.45, 7) is 5.67. The molecule has 0 aliphatic carbocycles. The quantitative estimate of drug-likeness (QED) is 0.825. The van der Waals surface area contributed by atoms with Crippen LogP contribution in [0.5, 0.6) is 0 Å². The Kier molecular flexibility index (Phi) is 5.77. The number of carbonyl (C=O) groups excluding carboxylic acids is 1. The van der Waals surface area contributed by atoms with Gasteiger partial charge in [0.15, 0.2) is 0 Å². The molecule has 2 aromatic rings. The van der Waals surface area contributed by atoms with Crippen LogP contribution in [-0.2, 0) is 17.8 Å². The second-order valence-corrected chi connectivity index (χ2v) is 7.36. The molecular weight excluding hydrogens is 350 g/mol. The Bertz CT molecular complexity index is 854. The van der Waals surface area contributed by atoms with Gasteiger partial charge >= 0.3 is 0 Å². The number of carbonyl (C=O) groups is 1. The molecule has 26 heavy (non-hydrogen) atoms. The maximum absolute atomic E-state index is 12.7. The smallest absolute Gasteiger partial charge is 0.254 e. The molecule has 138 valence electrons. The summed E-state index contributed by atoms with van der Waals surface area (Å²) in [6.07, 6.45) is 2.67. The highest BCUT2D eigenvalue weighted by molar-refractivity contribution is 6.30. The fourth-order valence-electron chi connectivity index (χ4n) is 3.23. The Morgan fingerprint density at radius 3 is 2.65 bits per heavy atom. The van der Waals surface area contributed by atoms with E-state index in [1.807, 2.05) is 24.0 Å².